The molecule has 0 saturated heterocycles. The number of benzene rings is 3. The topological polar surface area (TPSA) is 71.8 Å². The van der Waals surface area contributed by atoms with Crippen LogP contribution < -0.4 is 0 Å². The zero-order chi connectivity index (χ0) is 15.1. The summed E-state index contributed by atoms with van der Waals surface area (Å²) in [5.41, 5.74) is 2.55. The first kappa shape index (κ1) is 12.5. The van der Waals surface area contributed by atoms with Crippen LogP contribution in [-0.4, -0.2) is 15.1 Å². The molecule has 0 spiro atoms. The van der Waals surface area contributed by atoms with Gasteiger partial charge in [0.2, 0.25) is 0 Å². The lowest BCUT2D eigenvalue weighted by Crippen LogP contribution is -1.87. The number of hydrogen-bond donors (Lipinski definition) is 1. The van der Waals surface area contributed by atoms with E-state index in [4.69, 9.17) is 0 Å². The second-order valence-electron chi connectivity index (χ2n) is 5.09. The number of aromatic amines is 1. The van der Waals surface area contributed by atoms with E-state index in [0.717, 1.165) is 32.9 Å². The minimum Gasteiger partial charge on any atom is -0.277 e. The van der Waals surface area contributed by atoms with E-state index in [-0.39, 0.29) is 10.6 Å². The van der Waals surface area contributed by atoms with E-state index in [2.05, 4.69) is 10.2 Å². The first-order chi connectivity index (χ1) is 10.7. The third-order valence-electron chi connectivity index (χ3n) is 3.80. The van der Waals surface area contributed by atoms with Crippen molar-refractivity contribution in [1.82, 2.24) is 10.2 Å². The Balaban J connectivity index is 2.04. The van der Waals surface area contributed by atoms with Crippen molar-refractivity contribution in [1.29, 1.82) is 0 Å². The van der Waals surface area contributed by atoms with Gasteiger partial charge < -0.3 is 0 Å². The molecule has 0 aliphatic heterocycles. The minimum absolute atomic E-state index is 0.0652. The van der Waals surface area contributed by atoms with Gasteiger partial charge in [0, 0.05) is 23.1 Å². The monoisotopic (exact) mass is 289 g/mol. The number of non-ortho nitro benzene ring substituents is 1. The molecule has 1 aromatic heterocycles. The number of rotatable bonds is 2. The summed E-state index contributed by atoms with van der Waals surface area (Å²) in [6, 6.07) is 18.8. The molecule has 22 heavy (non-hydrogen) atoms. The zero-order valence-electron chi connectivity index (χ0n) is 11.5. The second kappa shape index (κ2) is 4.66. The highest BCUT2D eigenvalue weighted by Crippen LogP contribution is 2.33. The minimum atomic E-state index is -0.390. The van der Waals surface area contributed by atoms with Crippen molar-refractivity contribution in [2.45, 2.75) is 0 Å². The fraction of sp³-hybridized carbons (Fsp3) is 0. The van der Waals surface area contributed by atoms with Crippen LogP contribution in [0.2, 0.25) is 0 Å². The molecule has 0 aliphatic rings. The van der Waals surface area contributed by atoms with Gasteiger partial charge in [0.05, 0.1) is 10.4 Å². The van der Waals surface area contributed by atoms with Crippen LogP contribution >= 0.6 is 0 Å². The molecule has 5 nitrogen and oxygen atoms in total. The van der Waals surface area contributed by atoms with Crippen LogP contribution in [-0.2, 0) is 0 Å². The van der Waals surface area contributed by atoms with Crippen LogP contribution in [0.25, 0.3) is 32.9 Å². The maximum absolute atomic E-state index is 11.0. The molecule has 0 fully saturated rings. The predicted molar refractivity (Wildman–Crippen MR) is 85.7 cm³/mol. The van der Waals surface area contributed by atoms with Gasteiger partial charge in [-0.05, 0) is 16.8 Å². The van der Waals surface area contributed by atoms with Gasteiger partial charge in [-0.25, -0.2) is 0 Å². The number of nitro groups is 1. The van der Waals surface area contributed by atoms with Gasteiger partial charge in [0.25, 0.3) is 5.69 Å². The summed E-state index contributed by atoms with van der Waals surface area (Å²) in [6.45, 7) is 0. The summed E-state index contributed by atoms with van der Waals surface area (Å²) < 4.78 is 0. The Hall–Kier alpha value is -3.21. The Morgan fingerprint density at radius 2 is 1.77 bits per heavy atom. The van der Waals surface area contributed by atoms with Crippen molar-refractivity contribution in [3.05, 3.63) is 70.8 Å². The fourth-order valence-electron chi connectivity index (χ4n) is 2.75. The third kappa shape index (κ3) is 1.83. The van der Waals surface area contributed by atoms with Crippen molar-refractivity contribution >= 4 is 27.4 Å². The summed E-state index contributed by atoms with van der Waals surface area (Å²) in [4.78, 5) is 10.6. The SMILES string of the molecule is O=[N+]([O-])c1ccc2[nH]nc(-c3cccc4ccccc34)c2c1. The molecule has 0 radical (unpaired) electrons. The predicted octanol–water partition coefficient (Wildman–Crippen LogP) is 4.29. The fourth-order valence-corrected chi connectivity index (χ4v) is 2.75. The molecular weight excluding hydrogens is 278 g/mol. The van der Waals surface area contributed by atoms with E-state index in [1.807, 2.05) is 42.5 Å². The molecule has 1 heterocycles. The molecule has 0 bridgehead atoms. The Morgan fingerprint density at radius 1 is 0.955 bits per heavy atom. The number of H-pyrrole nitrogens is 1. The van der Waals surface area contributed by atoms with Crippen LogP contribution in [0.1, 0.15) is 0 Å². The highest BCUT2D eigenvalue weighted by atomic mass is 16.6. The van der Waals surface area contributed by atoms with Crippen LogP contribution in [0.4, 0.5) is 5.69 Å². The summed E-state index contributed by atoms with van der Waals surface area (Å²) in [6.07, 6.45) is 0. The number of aromatic nitrogens is 2. The van der Waals surface area contributed by atoms with Crippen molar-refractivity contribution < 1.29 is 4.92 Å². The van der Waals surface area contributed by atoms with E-state index in [1.54, 1.807) is 12.1 Å². The molecule has 0 saturated carbocycles. The number of fused-ring (bicyclic) bond motifs is 2. The highest BCUT2D eigenvalue weighted by Gasteiger charge is 2.14. The molecular formula is C17H11N3O2. The molecule has 0 unspecified atom stereocenters. The van der Waals surface area contributed by atoms with Gasteiger partial charge in [-0.3, -0.25) is 15.2 Å². The van der Waals surface area contributed by atoms with Crippen molar-refractivity contribution in [2.75, 3.05) is 0 Å². The van der Waals surface area contributed by atoms with E-state index < -0.39 is 0 Å². The third-order valence-corrected chi connectivity index (χ3v) is 3.80. The van der Waals surface area contributed by atoms with Crippen molar-refractivity contribution in [2.24, 2.45) is 0 Å². The maximum atomic E-state index is 11.0. The summed E-state index contributed by atoms with van der Waals surface area (Å²) in [5.74, 6) is 0. The quantitative estimate of drug-likeness (QED) is 0.442. The Labute approximate surface area is 125 Å². The lowest BCUT2D eigenvalue weighted by Gasteiger charge is -2.04. The van der Waals surface area contributed by atoms with Crippen LogP contribution in [0.15, 0.2) is 60.7 Å². The Morgan fingerprint density at radius 3 is 2.64 bits per heavy atom. The maximum Gasteiger partial charge on any atom is 0.270 e. The normalized spacial score (nSPS) is 11.1. The number of nitro benzene ring substituents is 1. The zero-order valence-corrected chi connectivity index (χ0v) is 11.5. The molecule has 0 aliphatic carbocycles. The van der Waals surface area contributed by atoms with E-state index in [9.17, 15) is 10.1 Å². The number of nitrogens with one attached hydrogen (secondary N) is 1. The lowest BCUT2D eigenvalue weighted by atomic mass is 10.00. The standard InChI is InChI=1S/C17H11N3O2/c21-20(22)12-8-9-16-15(10-12)17(19-18-16)14-7-3-5-11-4-1-2-6-13(11)14/h1-10H,(H,18,19). The average Bonchev–Trinajstić information content (AvgIpc) is 2.97. The van der Waals surface area contributed by atoms with E-state index >= 15 is 0 Å². The van der Waals surface area contributed by atoms with Crippen molar-refractivity contribution in [3.8, 4) is 11.3 Å². The number of nitrogens with zero attached hydrogens (tertiary/aromatic N) is 2. The molecule has 5 heteroatoms. The molecule has 4 rings (SSSR count). The molecule has 3 aromatic carbocycles. The first-order valence-electron chi connectivity index (χ1n) is 6.85. The Bertz CT molecular complexity index is 1020. The average molecular weight is 289 g/mol. The van der Waals surface area contributed by atoms with Crippen molar-refractivity contribution in [3.63, 3.8) is 0 Å². The molecule has 0 amide bonds. The largest absolute Gasteiger partial charge is 0.277 e. The molecule has 4 aromatic rings. The van der Waals surface area contributed by atoms with Gasteiger partial charge in [0.15, 0.2) is 0 Å². The second-order valence-corrected chi connectivity index (χ2v) is 5.09. The van der Waals surface area contributed by atoms with E-state index in [0.29, 0.717) is 0 Å². The highest BCUT2D eigenvalue weighted by molar-refractivity contribution is 6.03. The van der Waals surface area contributed by atoms with Gasteiger partial charge >= 0.3 is 0 Å². The molecule has 106 valence electrons. The number of hydrogen-bond acceptors (Lipinski definition) is 3. The van der Waals surface area contributed by atoms with Gasteiger partial charge in [-0.1, -0.05) is 42.5 Å². The lowest BCUT2D eigenvalue weighted by molar-refractivity contribution is -0.384. The molecule has 1 N–H and O–H groups in total. The first-order valence-corrected chi connectivity index (χ1v) is 6.85. The molecule has 0 atom stereocenters. The van der Waals surface area contributed by atoms with Gasteiger partial charge in [0.1, 0.15) is 5.69 Å². The van der Waals surface area contributed by atoms with E-state index in [1.165, 1.54) is 6.07 Å². The Kier molecular flexibility index (Phi) is 2.66. The summed E-state index contributed by atoms with van der Waals surface area (Å²) in [5, 5.41) is 21.3. The summed E-state index contributed by atoms with van der Waals surface area (Å²) >= 11 is 0. The van der Waals surface area contributed by atoms with Crippen LogP contribution in [0.3, 0.4) is 0 Å². The van der Waals surface area contributed by atoms with Crippen LogP contribution in [0.5, 0.6) is 0 Å². The van der Waals surface area contributed by atoms with Crippen LogP contribution in [0, 0.1) is 10.1 Å². The van der Waals surface area contributed by atoms with Gasteiger partial charge in [-0.15, -0.1) is 0 Å². The van der Waals surface area contributed by atoms with Gasteiger partial charge in [-0.2, -0.15) is 5.10 Å². The smallest absolute Gasteiger partial charge is 0.270 e. The summed E-state index contributed by atoms with van der Waals surface area (Å²) in [7, 11) is 0.